The Morgan fingerprint density at radius 1 is 0.844 bits per heavy atom. The molecule has 158 valence electrons. The van der Waals surface area contributed by atoms with E-state index in [1.807, 2.05) is 66.7 Å². The number of H-pyrrole nitrogens is 1. The van der Waals surface area contributed by atoms with Gasteiger partial charge >= 0.3 is 5.97 Å². The van der Waals surface area contributed by atoms with Crippen LogP contribution in [0.15, 0.2) is 79.0 Å². The number of carboxylic acids is 1. The van der Waals surface area contributed by atoms with Gasteiger partial charge in [-0.2, -0.15) is 0 Å². The second kappa shape index (κ2) is 9.69. The van der Waals surface area contributed by atoms with E-state index in [4.69, 9.17) is 28.3 Å². The van der Waals surface area contributed by atoms with Gasteiger partial charge in [-0.25, -0.2) is 9.78 Å². The third kappa shape index (κ3) is 5.35. The van der Waals surface area contributed by atoms with Crippen molar-refractivity contribution in [1.82, 2.24) is 9.97 Å². The molecule has 0 atom stereocenters. The Morgan fingerprint density at radius 2 is 1.47 bits per heavy atom. The van der Waals surface area contributed by atoms with Crippen LogP contribution in [-0.4, -0.2) is 21.0 Å². The van der Waals surface area contributed by atoms with Crippen LogP contribution in [0.3, 0.4) is 0 Å². The molecule has 0 aliphatic heterocycles. The number of carboxylic acid groups (broad SMARTS) is 1. The van der Waals surface area contributed by atoms with Gasteiger partial charge in [-0.1, -0.05) is 77.8 Å². The van der Waals surface area contributed by atoms with E-state index in [0.717, 1.165) is 45.4 Å². The number of aromatic amines is 1. The third-order valence-corrected chi connectivity index (χ3v) is 5.37. The molecular formula is C26H18Cl2N2O2. The van der Waals surface area contributed by atoms with E-state index in [9.17, 15) is 4.79 Å². The normalized spacial score (nSPS) is 11.4. The molecule has 3 aromatic carbocycles. The lowest BCUT2D eigenvalue weighted by molar-refractivity contribution is -0.131. The summed E-state index contributed by atoms with van der Waals surface area (Å²) >= 11 is 12.2. The molecule has 4 rings (SSSR count). The summed E-state index contributed by atoms with van der Waals surface area (Å²) in [5.74, 6) is -0.239. The number of aromatic nitrogens is 2. The minimum Gasteiger partial charge on any atom is -0.478 e. The second-order valence-corrected chi connectivity index (χ2v) is 7.90. The van der Waals surface area contributed by atoms with Gasteiger partial charge < -0.3 is 10.1 Å². The smallest absolute Gasteiger partial charge is 0.328 e. The molecular weight excluding hydrogens is 443 g/mol. The van der Waals surface area contributed by atoms with Gasteiger partial charge in [0.1, 0.15) is 5.82 Å². The molecule has 0 aliphatic rings. The molecule has 1 aromatic heterocycles. The highest BCUT2D eigenvalue weighted by Crippen LogP contribution is 2.29. The van der Waals surface area contributed by atoms with E-state index in [1.165, 1.54) is 0 Å². The highest BCUT2D eigenvalue weighted by Gasteiger charge is 2.07. The van der Waals surface area contributed by atoms with E-state index >= 15 is 0 Å². The van der Waals surface area contributed by atoms with E-state index < -0.39 is 5.97 Å². The van der Waals surface area contributed by atoms with Crippen LogP contribution < -0.4 is 0 Å². The van der Waals surface area contributed by atoms with Gasteiger partial charge in [0.25, 0.3) is 0 Å². The molecule has 0 aliphatic carbocycles. The molecule has 6 heteroatoms. The first-order valence-electron chi connectivity index (χ1n) is 9.78. The van der Waals surface area contributed by atoms with Crippen LogP contribution in [0, 0.1) is 0 Å². The fourth-order valence-corrected chi connectivity index (χ4v) is 3.69. The zero-order valence-corrected chi connectivity index (χ0v) is 18.3. The Balaban J connectivity index is 1.45. The first-order valence-corrected chi connectivity index (χ1v) is 10.5. The fraction of sp³-hybridized carbons (Fsp3) is 0. The lowest BCUT2D eigenvalue weighted by Gasteiger charge is -2.03. The molecule has 32 heavy (non-hydrogen) atoms. The average Bonchev–Trinajstić information content (AvgIpc) is 3.26. The first-order chi connectivity index (χ1) is 15.5. The van der Waals surface area contributed by atoms with Gasteiger partial charge in [0.15, 0.2) is 0 Å². The summed E-state index contributed by atoms with van der Waals surface area (Å²) in [6, 6.07) is 21.2. The maximum atomic E-state index is 10.6. The number of hydrogen-bond acceptors (Lipinski definition) is 2. The van der Waals surface area contributed by atoms with Gasteiger partial charge in [0.2, 0.25) is 0 Å². The molecule has 0 spiro atoms. The zero-order chi connectivity index (χ0) is 22.5. The van der Waals surface area contributed by atoms with Crippen molar-refractivity contribution in [3.63, 3.8) is 0 Å². The van der Waals surface area contributed by atoms with Crippen molar-refractivity contribution >= 4 is 47.4 Å². The van der Waals surface area contributed by atoms with Crippen LogP contribution in [0.5, 0.6) is 0 Å². The van der Waals surface area contributed by atoms with E-state index in [1.54, 1.807) is 24.4 Å². The highest BCUT2D eigenvalue weighted by atomic mass is 35.5. The average molecular weight is 461 g/mol. The first kappa shape index (κ1) is 21.6. The monoisotopic (exact) mass is 460 g/mol. The van der Waals surface area contributed by atoms with Crippen molar-refractivity contribution in [2.45, 2.75) is 0 Å². The number of rotatable bonds is 6. The number of nitrogens with one attached hydrogen (secondary N) is 1. The molecule has 0 saturated carbocycles. The summed E-state index contributed by atoms with van der Waals surface area (Å²) in [5.41, 5.74) is 5.68. The quantitative estimate of drug-likeness (QED) is 0.296. The molecule has 4 aromatic rings. The number of benzene rings is 3. The Labute approximate surface area is 195 Å². The number of hydrogen-bond donors (Lipinski definition) is 2. The van der Waals surface area contributed by atoms with Crippen molar-refractivity contribution in [3.05, 3.63) is 106 Å². The van der Waals surface area contributed by atoms with Gasteiger partial charge in [0.05, 0.1) is 16.9 Å². The molecule has 4 nitrogen and oxygen atoms in total. The van der Waals surface area contributed by atoms with Crippen LogP contribution in [0.2, 0.25) is 10.0 Å². The zero-order valence-electron chi connectivity index (χ0n) is 16.8. The second-order valence-electron chi connectivity index (χ2n) is 7.06. The van der Waals surface area contributed by atoms with E-state index in [0.29, 0.717) is 10.0 Å². The molecule has 1 heterocycles. The maximum absolute atomic E-state index is 10.6. The number of halogens is 2. The lowest BCUT2D eigenvalue weighted by Crippen LogP contribution is -1.85. The Kier molecular flexibility index (Phi) is 6.55. The highest BCUT2D eigenvalue weighted by molar-refractivity contribution is 6.36. The molecule has 0 saturated heterocycles. The molecule has 0 amide bonds. The van der Waals surface area contributed by atoms with E-state index in [2.05, 4.69) is 9.97 Å². The number of imidazole rings is 1. The van der Waals surface area contributed by atoms with Gasteiger partial charge in [-0.05, 0) is 52.6 Å². The van der Waals surface area contributed by atoms with Gasteiger partial charge in [-0.3, -0.25) is 0 Å². The van der Waals surface area contributed by atoms with Crippen molar-refractivity contribution in [3.8, 4) is 22.4 Å². The fourth-order valence-electron chi connectivity index (χ4n) is 3.18. The molecule has 0 unspecified atom stereocenters. The predicted molar refractivity (Wildman–Crippen MR) is 132 cm³/mol. The summed E-state index contributed by atoms with van der Waals surface area (Å²) in [5, 5.41) is 9.87. The minimum atomic E-state index is -0.961. The molecule has 0 fully saturated rings. The van der Waals surface area contributed by atoms with Crippen LogP contribution in [0.4, 0.5) is 0 Å². The lowest BCUT2D eigenvalue weighted by atomic mass is 10.0. The van der Waals surface area contributed by atoms with Crippen LogP contribution in [0.25, 0.3) is 40.6 Å². The largest absolute Gasteiger partial charge is 0.478 e. The third-order valence-electron chi connectivity index (χ3n) is 4.82. The Hall–Kier alpha value is -3.60. The number of nitrogens with zero attached hydrogens (tertiary/aromatic N) is 1. The van der Waals surface area contributed by atoms with Crippen LogP contribution >= 0.6 is 23.2 Å². The Bertz CT molecular complexity index is 1300. The van der Waals surface area contributed by atoms with Crippen molar-refractivity contribution in [2.75, 3.05) is 0 Å². The summed E-state index contributed by atoms with van der Waals surface area (Å²) < 4.78 is 0. The van der Waals surface area contributed by atoms with Crippen molar-refractivity contribution in [1.29, 1.82) is 0 Å². The van der Waals surface area contributed by atoms with E-state index in [-0.39, 0.29) is 0 Å². The van der Waals surface area contributed by atoms with Crippen LogP contribution in [-0.2, 0) is 4.79 Å². The summed E-state index contributed by atoms with van der Waals surface area (Å²) in [4.78, 5) is 18.3. The summed E-state index contributed by atoms with van der Waals surface area (Å²) in [6.07, 6.45) is 8.33. The van der Waals surface area contributed by atoms with Crippen molar-refractivity contribution in [2.24, 2.45) is 0 Å². The molecule has 0 bridgehead atoms. The van der Waals surface area contributed by atoms with Crippen LogP contribution in [0.1, 0.15) is 17.0 Å². The number of carbonyl (C=O) groups is 1. The summed E-state index contributed by atoms with van der Waals surface area (Å²) in [6.45, 7) is 0. The molecule has 2 N–H and O–H groups in total. The predicted octanol–water partition coefficient (Wildman–Crippen LogP) is 7.32. The van der Waals surface area contributed by atoms with Gasteiger partial charge in [0, 0.05) is 16.7 Å². The molecule has 0 radical (unpaired) electrons. The Morgan fingerprint density at radius 3 is 2.06 bits per heavy atom. The topological polar surface area (TPSA) is 66.0 Å². The standard InChI is InChI=1S/C26H18Cl2N2O2/c27-21-11-12-22(23(28)15-21)24-16-29-25(30-24)13-5-17-1-7-19(8-2-17)20-9-3-18(4-10-20)6-14-26(31)32/h1-16H,(H,29,30)(H,31,32). The SMILES string of the molecule is O=C(O)C=Cc1ccc(-c2ccc(C=Cc3ncc(-c4ccc(Cl)cc4Cl)[nH]3)cc2)cc1. The summed E-state index contributed by atoms with van der Waals surface area (Å²) in [7, 11) is 0. The minimum absolute atomic E-state index is 0.568. The van der Waals surface area contributed by atoms with Crippen molar-refractivity contribution < 1.29 is 9.90 Å². The number of aliphatic carboxylic acids is 1. The van der Waals surface area contributed by atoms with Gasteiger partial charge in [-0.15, -0.1) is 0 Å². The maximum Gasteiger partial charge on any atom is 0.328 e.